The van der Waals surface area contributed by atoms with Crippen LogP contribution in [-0.4, -0.2) is 26.2 Å². The van der Waals surface area contributed by atoms with Crippen molar-refractivity contribution in [1.82, 2.24) is 5.48 Å². The molecule has 1 N–H and O–H groups in total. The Hall–Kier alpha value is -3.16. The van der Waals surface area contributed by atoms with Gasteiger partial charge in [-0.3, -0.25) is 9.63 Å². The second-order valence-electron chi connectivity index (χ2n) is 5.68. The van der Waals surface area contributed by atoms with Crippen molar-refractivity contribution in [3.05, 3.63) is 58.6 Å². The second-order valence-corrected chi connectivity index (χ2v) is 6.12. The standard InChI is InChI=1S/C22H20ClNO5/c1-4-12-27-19-11-6-16(14-20(19)26-3)15-29-24-22(25)21(28-13-5-2)17-7-9-18(23)10-8-17/h1-2,6-11,14,21H,12-13,15H2,3H3,(H,24,25). The molecular weight excluding hydrogens is 394 g/mol. The molecule has 29 heavy (non-hydrogen) atoms. The van der Waals surface area contributed by atoms with Gasteiger partial charge in [0.1, 0.15) is 13.2 Å². The molecule has 6 nitrogen and oxygen atoms in total. The van der Waals surface area contributed by atoms with Gasteiger partial charge in [0, 0.05) is 5.02 Å². The number of carbonyl (C=O) groups is 1. The molecule has 1 amide bonds. The third-order valence-electron chi connectivity index (χ3n) is 3.69. The number of terminal acetylenes is 2. The van der Waals surface area contributed by atoms with Gasteiger partial charge in [0.15, 0.2) is 17.6 Å². The Balaban J connectivity index is 1.98. The van der Waals surface area contributed by atoms with E-state index in [0.29, 0.717) is 22.1 Å². The van der Waals surface area contributed by atoms with Crippen LogP contribution in [0, 0.1) is 24.7 Å². The first-order chi connectivity index (χ1) is 14.1. The first-order valence-electron chi connectivity index (χ1n) is 8.54. The fourth-order valence-corrected chi connectivity index (χ4v) is 2.50. The average Bonchev–Trinajstić information content (AvgIpc) is 2.74. The molecule has 0 aliphatic rings. The Bertz CT molecular complexity index is 899. The van der Waals surface area contributed by atoms with Crippen LogP contribution in [0.3, 0.4) is 0 Å². The lowest BCUT2D eigenvalue weighted by molar-refractivity contribution is -0.146. The molecule has 7 heteroatoms. The Morgan fingerprint density at radius 1 is 1.10 bits per heavy atom. The molecule has 0 saturated carbocycles. The van der Waals surface area contributed by atoms with E-state index in [2.05, 4.69) is 17.3 Å². The molecule has 0 saturated heterocycles. The maximum Gasteiger partial charge on any atom is 0.277 e. The van der Waals surface area contributed by atoms with Crippen LogP contribution in [0.15, 0.2) is 42.5 Å². The van der Waals surface area contributed by atoms with Crippen LogP contribution in [0.4, 0.5) is 0 Å². The summed E-state index contributed by atoms with van der Waals surface area (Å²) in [5.41, 5.74) is 3.73. The highest BCUT2D eigenvalue weighted by Gasteiger charge is 2.21. The molecule has 0 aromatic heterocycles. The van der Waals surface area contributed by atoms with Crippen LogP contribution in [0.25, 0.3) is 0 Å². The number of amides is 1. The van der Waals surface area contributed by atoms with Crippen molar-refractivity contribution in [2.45, 2.75) is 12.7 Å². The second kappa shape index (κ2) is 11.6. The summed E-state index contributed by atoms with van der Waals surface area (Å²) in [6, 6.07) is 11.9. The van der Waals surface area contributed by atoms with E-state index in [0.717, 1.165) is 5.56 Å². The maximum atomic E-state index is 12.5. The fraction of sp³-hybridized carbons (Fsp3) is 0.227. The molecule has 2 aromatic rings. The van der Waals surface area contributed by atoms with E-state index in [4.69, 9.17) is 43.5 Å². The lowest BCUT2D eigenvalue weighted by Gasteiger charge is -2.17. The van der Waals surface area contributed by atoms with Crippen LogP contribution in [0.5, 0.6) is 11.5 Å². The van der Waals surface area contributed by atoms with E-state index in [1.165, 1.54) is 7.11 Å². The van der Waals surface area contributed by atoms with E-state index in [1.807, 2.05) is 0 Å². The van der Waals surface area contributed by atoms with Crippen LogP contribution in [0.2, 0.25) is 5.02 Å². The first kappa shape index (κ1) is 22.1. The van der Waals surface area contributed by atoms with E-state index in [1.54, 1.807) is 42.5 Å². The van der Waals surface area contributed by atoms with Gasteiger partial charge in [-0.2, -0.15) is 0 Å². The minimum atomic E-state index is -0.933. The summed E-state index contributed by atoms with van der Waals surface area (Å²) in [5.74, 6) is 5.25. The lowest BCUT2D eigenvalue weighted by Crippen LogP contribution is -2.31. The molecule has 1 unspecified atom stereocenters. The third kappa shape index (κ3) is 6.74. The van der Waals surface area contributed by atoms with Gasteiger partial charge < -0.3 is 14.2 Å². The zero-order chi connectivity index (χ0) is 21.1. The summed E-state index contributed by atoms with van der Waals surface area (Å²) in [6.45, 7) is 0.197. The van der Waals surface area contributed by atoms with Gasteiger partial charge in [0.05, 0.1) is 13.7 Å². The number of carbonyl (C=O) groups excluding carboxylic acids is 1. The number of hydroxylamine groups is 1. The number of rotatable bonds is 10. The van der Waals surface area contributed by atoms with Gasteiger partial charge in [0.2, 0.25) is 0 Å². The summed E-state index contributed by atoms with van der Waals surface area (Å²) in [4.78, 5) is 17.8. The number of nitrogens with one attached hydrogen (secondary N) is 1. The monoisotopic (exact) mass is 413 g/mol. The fourth-order valence-electron chi connectivity index (χ4n) is 2.38. The zero-order valence-electron chi connectivity index (χ0n) is 15.8. The highest BCUT2D eigenvalue weighted by Crippen LogP contribution is 2.28. The Labute approximate surface area is 175 Å². The zero-order valence-corrected chi connectivity index (χ0v) is 16.6. The molecule has 2 aromatic carbocycles. The molecule has 0 spiro atoms. The SMILES string of the molecule is C#CCOc1ccc(CONC(=O)C(OCC#C)c2ccc(Cl)cc2)cc1OC. The predicted molar refractivity (Wildman–Crippen MR) is 109 cm³/mol. The molecule has 0 radical (unpaired) electrons. The van der Waals surface area contributed by atoms with Crippen molar-refractivity contribution in [2.75, 3.05) is 20.3 Å². The van der Waals surface area contributed by atoms with E-state index in [9.17, 15) is 4.79 Å². The van der Waals surface area contributed by atoms with Crippen molar-refractivity contribution >= 4 is 17.5 Å². The quantitative estimate of drug-likeness (QED) is 0.478. The van der Waals surface area contributed by atoms with Crippen LogP contribution < -0.4 is 15.0 Å². The van der Waals surface area contributed by atoms with Crippen LogP contribution in [-0.2, 0) is 21.0 Å². The summed E-state index contributed by atoms with van der Waals surface area (Å²) in [7, 11) is 1.52. The normalized spacial score (nSPS) is 11.0. The van der Waals surface area contributed by atoms with E-state index in [-0.39, 0.29) is 19.8 Å². The van der Waals surface area contributed by atoms with Gasteiger partial charge in [0.25, 0.3) is 5.91 Å². The van der Waals surface area contributed by atoms with Crippen molar-refractivity contribution < 1.29 is 23.8 Å². The summed E-state index contributed by atoms with van der Waals surface area (Å²) in [5, 5.41) is 0.546. The molecule has 0 fully saturated rings. The molecule has 0 aliphatic carbocycles. The van der Waals surface area contributed by atoms with Gasteiger partial charge >= 0.3 is 0 Å². The molecule has 0 aliphatic heterocycles. The van der Waals surface area contributed by atoms with Crippen molar-refractivity contribution in [2.24, 2.45) is 0 Å². The topological polar surface area (TPSA) is 66.0 Å². The third-order valence-corrected chi connectivity index (χ3v) is 3.95. The Kier molecular flexibility index (Phi) is 8.88. The smallest absolute Gasteiger partial charge is 0.277 e. The van der Waals surface area contributed by atoms with Gasteiger partial charge in [-0.15, -0.1) is 12.8 Å². The first-order valence-corrected chi connectivity index (χ1v) is 8.92. The molecule has 0 bridgehead atoms. The lowest BCUT2D eigenvalue weighted by atomic mass is 10.1. The van der Waals surface area contributed by atoms with Crippen molar-refractivity contribution in [3.63, 3.8) is 0 Å². The summed E-state index contributed by atoms with van der Waals surface area (Å²) < 4.78 is 16.1. The average molecular weight is 414 g/mol. The van der Waals surface area contributed by atoms with Crippen molar-refractivity contribution in [1.29, 1.82) is 0 Å². The van der Waals surface area contributed by atoms with Crippen LogP contribution >= 0.6 is 11.6 Å². The van der Waals surface area contributed by atoms with Crippen LogP contribution in [0.1, 0.15) is 17.2 Å². The molecular formula is C22H20ClNO5. The highest BCUT2D eigenvalue weighted by molar-refractivity contribution is 6.30. The summed E-state index contributed by atoms with van der Waals surface area (Å²) in [6.07, 6.45) is 9.49. The Morgan fingerprint density at radius 2 is 1.83 bits per heavy atom. The maximum absolute atomic E-state index is 12.5. The van der Waals surface area contributed by atoms with Crippen molar-refractivity contribution in [3.8, 4) is 36.2 Å². The molecule has 2 rings (SSSR count). The molecule has 0 heterocycles. The number of ether oxygens (including phenoxy) is 3. The highest BCUT2D eigenvalue weighted by atomic mass is 35.5. The predicted octanol–water partition coefficient (Wildman–Crippen LogP) is 3.30. The minimum absolute atomic E-state index is 0.0307. The number of benzene rings is 2. The molecule has 150 valence electrons. The summed E-state index contributed by atoms with van der Waals surface area (Å²) >= 11 is 5.89. The van der Waals surface area contributed by atoms with E-state index >= 15 is 0 Å². The number of methoxy groups -OCH3 is 1. The number of halogens is 1. The largest absolute Gasteiger partial charge is 0.493 e. The number of hydrogen-bond acceptors (Lipinski definition) is 5. The van der Waals surface area contributed by atoms with E-state index < -0.39 is 12.0 Å². The minimum Gasteiger partial charge on any atom is -0.493 e. The van der Waals surface area contributed by atoms with Gasteiger partial charge in [-0.1, -0.05) is 41.6 Å². The Morgan fingerprint density at radius 3 is 2.48 bits per heavy atom. The van der Waals surface area contributed by atoms with Gasteiger partial charge in [-0.05, 0) is 35.4 Å². The number of hydrogen-bond donors (Lipinski definition) is 1. The molecule has 1 atom stereocenters. The van der Waals surface area contributed by atoms with Gasteiger partial charge in [-0.25, -0.2) is 5.48 Å².